The number of nitrogens with one attached hydrogen (secondary N) is 1. The Morgan fingerprint density at radius 1 is 1.53 bits per heavy atom. The molecule has 0 saturated heterocycles. The molecule has 0 aliphatic carbocycles. The number of carboxylic acid groups (broad SMARTS) is 1. The second-order valence-electron chi connectivity index (χ2n) is 4.01. The SMILES string of the molecule is Cc1sc(Br)cc1S(=O)(=O)NC(C)(C)C(=O)O. The molecule has 5 nitrogen and oxygen atoms in total. The molecule has 0 amide bonds. The van der Waals surface area contributed by atoms with Gasteiger partial charge < -0.3 is 5.11 Å². The average Bonchev–Trinajstić information content (AvgIpc) is 2.43. The maximum Gasteiger partial charge on any atom is 0.324 e. The van der Waals surface area contributed by atoms with Crippen LogP contribution in [-0.4, -0.2) is 25.0 Å². The summed E-state index contributed by atoms with van der Waals surface area (Å²) >= 11 is 4.47. The molecule has 1 aromatic heterocycles. The van der Waals surface area contributed by atoms with E-state index >= 15 is 0 Å². The van der Waals surface area contributed by atoms with Crippen LogP contribution in [0, 0.1) is 6.92 Å². The third-order valence-electron chi connectivity index (χ3n) is 2.06. The fourth-order valence-electron chi connectivity index (χ4n) is 1.13. The minimum absolute atomic E-state index is 0.101. The second-order valence-corrected chi connectivity index (χ2v) is 8.29. The summed E-state index contributed by atoms with van der Waals surface area (Å²) in [5.41, 5.74) is -1.54. The Kier molecular flexibility index (Phi) is 4.02. The van der Waals surface area contributed by atoms with Gasteiger partial charge in [-0.2, -0.15) is 4.72 Å². The van der Waals surface area contributed by atoms with E-state index in [2.05, 4.69) is 20.7 Å². The predicted octanol–water partition coefficient (Wildman–Crippen LogP) is 1.96. The van der Waals surface area contributed by atoms with E-state index in [0.717, 1.165) is 0 Å². The van der Waals surface area contributed by atoms with Crippen molar-refractivity contribution < 1.29 is 18.3 Å². The topological polar surface area (TPSA) is 83.5 Å². The van der Waals surface area contributed by atoms with Crippen molar-refractivity contribution >= 4 is 43.3 Å². The van der Waals surface area contributed by atoms with Gasteiger partial charge in [0.2, 0.25) is 10.0 Å². The molecule has 96 valence electrons. The zero-order valence-corrected chi connectivity index (χ0v) is 12.7. The Balaban J connectivity index is 3.14. The highest BCUT2D eigenvalue weighted by Crippen LogP contribution is 2.30. The minimum atomic E-state index is -3.82. The van der Waals surface area contributed by atoms with E-state index in [1.807, 2.05) is 0 Å². The summed E-state index contributed by atoms with van der Waals surface area (Å²) in [6.45, 7) is 4.25. The lowest BCUT2D eigenvalue weighted by molar-refractivity contribution is -0.142. The molecule has 1 rings (SSSR count). The fraction of sp³-hybridized carbons (Fsp3) is 0.444. The van der Waals surface area contributed by atoms with Gasteiger partial charge in [0.15, 0.2) is 0 Å². The number of thiophene rings is 1. The normalized spacial score (nSPS) is 12.7. The molecule has 17 heavy (non-hydrogen) atoms. The first-order valence-corrected chi connectivity index (χ1v) is 7.69. The lowest BCUT2D eigenvalue weighted by Gasteiger charge is -2.20. The van der Waals surface area contributed by atoms with Crippen molar-refractivity contribution in [2.75, 3.05) is 0 Å². The third-order valence-corrected chi connectivity index (χ3v) is 5.52. The van der Waals surface area contributed by atoms with Gasteiger partial charge in [0, 0.05) is 4.88 Å². The minimum Gasteiger partial charge on any atom is -0.480 e. The van der Waals surface area contributed by atoms with Gasteiger partial charge in [0.25, 0.3) is 0 Å². The van der Waals surface area contributed by atoms with Crippen LogP contribution >= 0.6 is 27.3 Å². The van der Waals surface area contributed by atoms with Crippen LogP contribution < -0.4 is 4.72 Å². The number of sulfonamides is 1. The summed E-state index contributed by atoms with van der Waals surface area (Å²) in [6, 6.07) is 1.46. The highest BCUT2D eigenvalue weighted by Gasteiger charge is 2.34. The zero-order chi connectivity index (χ0) is 13.4. The Hall–Kier alpha value is -0.440. The monoisotopic (exact) mass is 341 g/mol. The first-order valence-electron chi connectivity index (χ1n) is 4.59. The molecule has 1 aromatic rings. The maximum absolute atomic E-state index is 12.0. The van der Waals surface area contributed by atoms with Crippen molar-refractivity contribution in [3.05, 3.63) is 14.7 Å². The molecule has 1 heterocycles. The first kappa shape index (κ1) is 14.6. The summed E-state index contributed by atoms with van der Waals surface area (Å²) < 4.78 is 26.8. The summed E-state index contributed by atoms with van der Waals surface area (Å²) in [5, 5.41) is 8.89. The molecule has 2 N–H and O–H groups in total. The molecule has 0 aliphatic rings. The molecule has 0 radical (unpaired) electrons. The van der Waals surface area contributed by atoms with Gasteiger partial charge in [0.1, 0.15) is 5.54 Å². The van der Waals surface area contributed by atoms with E-state index in [1.165, 1.54) is 31.3 Å². The van der Waals surface area contributed by atoms with E-state index in [0.29, 0.717) is 8.66 Å². The third kappa shape index (κ3) is 3.27. The first-order chi connectivity index (χ1) is 7.56. The molecule has 0 bridgehead atoms. The van der Waals surface area contributed by atoms with Gasteiger partial charge in [0.05, 0.1) is 8.68 Å². The summed E-state index contributed by atoms with van der Waals surface area (Å²) in [6.07, 6.45) is 0. The van der Waals surface area contributed by atoms with Crippen molar-refractivity contribution in [2.45, 2.75) is 31.2 Å². The lowest BCUT2D eigenvalue weighted by Crippen LogP contribution is -2.49. The molecule has 0 atom stereocenters. The number of rotatable bonds is 4. The fourth-order valence-corrected chi connectivity index (χ4v) is 4.92. The highest BCUT2D eigenvalue weighted by molar-refractivity contribution is 9.11. The second kappa shape index (κ2) is 4.68. The number of aryl methyl sites for hydroxylation is 1. The van der Waals surface area contributed by atoms with Crippen LogP contribution in [0.15, 0.2) is 14.7 Å². The molecular weight excluding hydrogens is 330 g/mol. The summed E-state index contributed by atoms with van der Waals surface area (Å²) in [7, 11) is -3.82. The molecule has 8 heteroatoms. The van der Waals surface area contributed by atoms with E-state index < -0.39 is 21.5 Å². The van der Waals surface area contributed by atoms with Crippen LogP contribution in [0.5, 0.6) is 0 Å². The number of aliphatic carboxylic acids is 1. The lowest BCUT2D eigenvalue weighted by atomic mass is 10.1. The quantitative estimate of drug-likeness (QED) is 0.876. The van der Waals surface area contributed by atoms with Crippen LogP contribution in [0.4, 0.5) is 0 Å². The van der Waals surface area contributed by atoms with Gasteiger partial charge in [-0.15, -0.1) is 11.3 Å². The van der Waals surface area contributed by atoms with Crippen LogP contribution in [0.25, 0.3) is 0 Å². The number of carboxylic acids is 1. The van der Waals surface area contributed by atoms with Crippen LogP contribution in [-0.2, 0) is 14.8 Å². The highest BCUT2D eigenvalue weighted by atomic mass is 79.9. The van der Waals surface area contributed by atoms with Gasteiger partial charge in [-0.1, -0.05) is 0 Å². The molecule has 0 aliphatic heterocycles. The number of hydrogen-bond donors (Lipinski definition) is 2. The van der Waals surface area contributed by atoms with Gasteiger partial charge in [-0.3, -0.25) is 4.79 Å². The van der Waals surface area contributed by atoms with Crippen LogP contribution in [0.2, 0.25) is 0 Å². The maximum atomic E-state index is 12.0. The Bertz CT molecular complexity index is 547. The molecule has 0 unspecified atom stereocenters. The zero-order valence-electron chi connectivity index (χ0n) is 9.44. The summed E-state index contributed by atoms with van der Waals surface area (Å²) in [5.74, 6) is -1.23. The number of hydrogen-bond acceptors (Lipinski definition) is 4. The van der Waals surface area contributed by atoms with Crippen molar-refractivity contribution in [1.29, 1.82) is 0 Å². The van der Waals surface area contributed by atoms with E-state index in [9.17, 15) is 13.2 Å². The Morgan fingerprint density at radius 2 is 2.06 bits per heavy atom. The molecule has 0 saturated carbocycles. The van der Waals surface area contributed by atoms with E-state index in [1.54, 1.807) is 6.92 Å². The number of carbonyl (C=O) groups is 1. The van der Waals surface area contributed by atoms with Crippen LogP contribution in [0.3, 0.4) is 0 Å². The standard InChI is InChI=1S/C9H12BrNO4S2/c1-5-6(4-7(10)16-5)17(14,15)11-9(2,3)8(12)13/h4,11H,1-3H3,(H,12,13). The van der Waals surface area contributed by atoms with Crippen molar-refractivity contribution in [2.24, 2.45) is 0 Å². The summed E-state index contributed by atoms with van der Waals surface area (Å²) in [4.78, 5) is 11.6. The van der Waals surface area contributed by atoms with Crippen molar-refractivity contribution in [1.82, 2.24) is 4.72 Å². The van der Waals surface area contributed by atoms with Gasteiger partial charge in [-0.05, 0) is 42.8 Å². The van der Waals surface area contributed by atoms with Crippen molar-refractivity contribution in [3.63, 3.8) is 0 Å². The van der Waals surface area contributed by atoms with E-state index in [4.69, 9.17) is 5.11 Å². The smallest absolute Gasteiger partial charge is 0.324 e. The average molecular weight is 342 g/mol. The Morgan fingerprint density at radius 3 is 2.41 bits per heavy atom. The largest absolute Gasteiger partial charge is 0.480 e. The van der Waals surface area contributed by atoms with Gasteiger partial charge >= 0.3 is 5.97 Å². The Labute approximate surface area is 112 Å². The molecule has 0 spiro atoms. The molecular formula is C9H12BrNO4S2. The van der Waals surface area contributed by atoms with Crippen LogP contribution in [0.1, 0.15) is 18.7 Å². The van der Waals surface area contributed by atoms with E-state index in [-0.39, 0.29) is 4.90 Å². The van der Waals surface area contributed by atoms with Crippen molar-refractivity contribution in [3.8, 4) is 0 Å². The van der Waals surface area contributed by atoms with Gasteiger partial charge in [-0.25, -0.2) is 8.42 Å². The molecule has 0 fully saturated rings. The predicted molar refractivity (Wildman–Crippen MR) is 68.8 cm³/mol. The molecule has 0 aromatic carbocycles. The number of halogens is 1.